The smallest absolute Gasteiger partial charge is 0.309 e. The van der Waals surface area contributed by atoms with E-state index in [4.69, 9.17) is 14.8 Å². The van der Waals surface area contributed by atoms with E-state index >= 15 is 0 Å². The van der Waals surface area contributed by atoms with Gasteiger partial charge in [-0.25, -0.2) is 4.98 Å². The number of aliphatic hydroxyl groups is 4. The van der Waals surface area contributed by atoms with E-state index in [1.54, 1.807) is 26.3 Å². The number of anilines is 1. The molecule has 1 aromatic carbocycles. The second kappa shape index (κ2) is 26.1. The molecule has 0 bridgehead atoms. The van der Waals surface area contributed by atoms with Crippen LogP contribution in [-0.2, 0) is 20.7 Å². The third-order valence-electron chi connectivity index (χ3n) is 10.6. The van der Waals surface area contributed by atoms with E-state index in [-0.39, 0.29) is 55.5 Å². The van der Waals surface area contributed by atoms with Gasteiger partial charge in [-0.2, -0.15) is 0 Å². The van der Waals surface area contributed by atoms with Crippen LogP contribution in [0, 0.1) is 17.3 Å². The zero-order valence-electron chi connectivity index (χ0n) is 35.9. The predicted octanol–water partition coefficient (Wildman–Crippen LogP) is 4.12. The molecule has 2 amide bonds. The second-order valence-corrected chi connectivity index (χ2v) is 17.1. The number of aliphatic carboxylic acids is 1. The molecule has 2 unspecified atom stereocenters. The summed E-state index contributed by atoms with van der Waals surface area (Å²) < 4.78 is 6.15. The predicted molar refractivity (Wildman–Crippen MR) is 227 cm³/mol. The summed E-state index contributed by atoms with van der Waals surface area (Å²) in [4.78, 5) is 47.0. The Hall–Kier alpha value is -3.22. The normalized spacial score (nSPS) is 15.6. The molecule has 58 heavy (non-hydrogen) atoms. The quantitative estimate of drug-likeness (QED) is 0.0400. The van der Waals surface area contributed by atoms with E-state index in [2.05, 4.69) is 42.0 Å². The lowest BCUT2D eigenvalue weighted by molar-refractivity contribution is -0.167. The van der Waals surface area contributed by atoms with Gasteiger partial charge in [-0.15, -0.1) is 11.3 Å². The van der Waals surface area contributed by atoms with Gasteiger partial charge in [0.2, 0.25) is 12.3 Å². The number of ether oxygens (including phenoxy) is 1. The summed E-state index contributed by atoms with van der Waals surface area (Å²) in [6.07, 6.45) is 1.82. The Balaban J connectivity index is 2.51. The number of likely N-dealkylation sites (N-methyl/N-ethyl adjacent to an activating group) is 1. The van der Waals surface area contributed by atoms with Gasteiger partial charge in [0.1, 0.15) is 16.8 Å². The SMILES string of the molecule is CCCCCCN(C(=O)[C@@H](NC)[C@@H](C)CC)[C@H](C[C@@H](OC(O)NCC(O)CO)c1nc(C(=O)N[C@@H](Cc2ccc(NCCO)cc2)CC(C)(C)C(=O)O)cs1)C(C)C. The number of amides is 2. The number of hydrogen-bond donors (Lipinski definition) is 9. The first-order valence-corrected chi connectivity index (χ1v) is 21.7. The lowest BCUT2D eigenvalue weighted by Gasteiger charge is -2.39. The molecule has 2 aromatic rings. The molecule has 0 radical (unpaired) electrons. The first-order chi connectivity index (χ1) is 27.5. The first-order valence-electron chi connectivity index (χ1n) is 20.8. The van der Waals surface area contributed by atoms with Gasteiger partial charge in [-0.3, -0.25) is 19.7 Å². The van der Waals surface area contributed by atoms with Gasteiger partial charge in [-0.05, 0) is 69.7 Å². The number of aliphatic hydroxyl groups excluding tert-OH is 4. The van der Waals surface area contributed by atoms with Crippen LogP contribution in [0.4, 0.5) is 5.69 Å². The third-order valence-corrected chi connectivity index (χ3v) is 11.5. The first kappa shape index (κ1) is 50.9. The molecule has 0 aliphatic rings. The minimum absolute atomic E-state index is 0.0113. The van der Waals surface area contributed by atoms with Crippen LogP contribution in [0.3, 0.4) is 0 Å². The van der Waals surface area contributed by atoms with E-state index in [1.807, 2.05) is 43.0 Å². The third kappa shape index (κ3) is 16.8. The number of unbranched alkanes of at least 4 members (excludes halogenated alkanes) is 3. The molecule has 9 N–H and O–H groups in total. The Kier molecular flexibility index (Phi) is 22.9. The molecule has 0 saturated heterocycles. The Morgan fingerprint density at radius 2 is 1.71 bits per heavy atom. The van der Waals surface area contributed by atoms with Gasteiger partial charge < -0.3 is 51.1 Å². The summed E-state index contributed by atoms with van der Waals surface area (Å²) in [7, 11) is 1.80. The van der Waals surface area contributed by atoms with E-state index in [1.165, 1.54) is 11.3 Å². The van der Waals surface area contributed by atoms with Crippen molar-refractivity contribution in [3.8, 4) is 0 Å². The number of nitrogens with one attached hydrogen (secondary N) is 4. The minimum atomic E-state index is -1.58. The standard InChI is InChI=1S/C42H72N6O9S/c1-9-11-12-13-19-48(39(53)36(43-8)28(5)10-2)34(27(3)4)22-35(57-41(56)45-24-32(51)25-50)38-47-33(26-58-38)37(52)46-31(23-42(6,7)40(54)55)21-29-14-16-30(17-15-29)44-18-20-49/h14-17,26-28,31-32,34-36,41,43-45,49-51,56H,9-13,18-25H2,1-8H3,(H,46,52)(H,54,55)/t28-,31-,32?,34+,35+,36-,41?/m0/s1. The van der Waals surface area contributed by atoms with Crippen LogP contribution in [-0.4, -0.2) is 124 Å². The van der Waals surface area contributed by atoms with Gasteiger partial charge in [0, 0.05) is 49.2 Å². The Labute approximate surface area is 349 Å². The van der Waals surface area contributed by atoms with E-state index in [0.29, 0.717) is 24.5 Å². The lowest BCUT2D eigenvalue weighted by atomic mass is 9.84. The number of benzene rings is 1. The zero-order chi connectivity index (χ0) is 43.4. The fourth-order valence-electron chi connectivity index (χ4n) is 6.83. The molecule has 0 fully saturated rings. The molecule has 0 saturated carbocycles. The molecule has 16 heteroatoms. The molecule has 0 spiro atoms. The number of nitrogens with zero attached hydrogens (tertiary/aromatic N) is 2. The summed E-state index contributed by atoms with van der Waals surface area (Å²) in [6.45, 7) is 13.8. The highest BCUT2D eigenvalue weighted by atomic mass is 32.1. The molecule has 7 atom stereocenters. The van der Waals surface area contributed by atoms with Crippen molar-refractivity contribution in [3.63, 3.8) is 0 Å². The number of carboxylic acid groups (broad SMARTS) is 1. The van der Waals surface area contributed by atoms with Crippen molar-refractivity contribution in [1.29, 1.82) is 0 Å². The van der Waals surface area contributed by atoms with Crippen LogP contribution in [0.1, 0.15) is 121 Å². The van der Waals surface area contributed by atoms with Gasteiger partial charge in [0.05, 0.1) is 30.8 Å². The molecular weight excluding hydrogens is 765 g/mol. The molecule has 0 aliphatic heterocycles. The Morgan fingerprint density at radius 1 is 1.02 bits per heavy atom. The van der Waals surface area contributed by atoms with Crippen LogP contribution in [0.2, 0.25) is 0 Å². The van der Waals surface area contributed by atoms with Gasteiger partial charge >= 0.3 is 5.97 Å². The summed E-state index contributed by atoms with van der Waals surface area (Å²) >= 11 is 1.17. The molecule has 1 aromatic heterocycles. The molecule has 330 valence electrons. The zero-order valence-corrected chi connectivity index (χ0v) is 36.7. The fourth-order valence-corrected chi connectivity index (χ4v) is 7.68. The highest BCUT2D eigenvalue weighted by Gasteiger charge is 2.37. The highest BCUT2D eigenvalue weighted by Crippen LogP contribution is 2.32. The van der Waals surface area contributed by atoms with E-state index in [9.17, 15) is 34.8 Å². The summed E-state index contributed by atoms with van der Waals surface area (Å²) in [6, 6.07) is 6.18. The maximum absolute atomic E-state index is 14.4. The van der Waals surface area contributed by atoms with Crippen molar-refractivity contribution in [2.75, 3.05) is 45.2 Å². The lowest BCUT2D eigenvalue weighted by Crippen LogP contribution is -2.54. The fraction of sp³-hybridized carbons (Fsp3) is 0.714. The Morgan fingerprint density at radius 3 is 2.28 bits per heavy atom. The van der Waals surface area contributed by atoms with Crippen molar-refractivity contribution >= 4 is 34.8 Å². The van der Waals surface area contributed by atoms with Gasteiger partial charge in [-0.1, -0.05) is 72.4 Å². The molecule has 1 heterocycles. The van der Waals surface area contributed by atoms with Crippen LogP contribution < -0.4 is 21.3 Å². The summed E-state index contributed by atoms with van der Waals surface area (Å²) in [5.74, 6) is -1.46. The molecule has 15 nitrogen and oxygen atoms in total. The second-order valence-electron chi connectivity index (χ2n) is 16.2. The van der Waals surface area contributed by atoms with Crippen molar-refractivity contribution in [1.82, 2.24) is 25.8 Å². The van der Waals surface area contributed by atoms with Gasteiger partial charge in [0.15, 0.2) is 0 Å². The molecule has 0 aliphatic carbocycles. The van der Waals surface area contributed by atoms with Crippen molar-refractivity contribution in [3.05, 3.63) is 45.9 Å². The van der Waals surface area contributed by atoms with E-state index < -0.39 is 54.6 Å². The van der Waals surface area contributed by atoms with Gasteiger partial charge in [0.25, 0.3) is 5.91 Å². The van der Waals surface area contributed by atoms with Crippen molar-refractivity contribution < 1.29 is 44.7 Å². The van der Waals surface area contributed by atoms with Crippen molar-refractivity contribution in [2.24, 2.45) is 17.3 Å². The topological polar surface area (TPSA) is 226 Å². The van der Waals surface area contributed by atoms with Crippen LogP contribution in [0.25, 0.3) is 0 Å². The van der Waals surface area contributed by atoms with Crippen LogP contribution >= 0.6 is 11.3 Å². The highest BCUT2D eigenvalue weighted by molar-refractivity contribution is 7.09. The maximum atomic E-state index is 14.4. The average Bonchev–Trinajstić information content (AvgIpc) is 3.69. The molecular formula is C42H72N6O9S. The maximum Gasteiger partial charge on any atom is 0.309 e. The number of rotatable bonds is 30. The van der Waals surface area contributed by atoms with Crippen LogP contribution in [0.5, 0.6) is 0 Å². The van der Waals surface area contributed by atoms with E-state index in [0.717, 1.165) is 43.4 Å². The average molecular weight is 837 g/mol. The number of hydrogen-bond acceptors (Lipinski definition) is 13. The molecule has 2 rings (SSSR count). The number of carbonyl (C=O) groups is 3. The largest absolute Gasteiger partial charge is 0.481 e. The number of thiazole rings is 1. The number of carboxylic acids is 1. The Bertz CT molecular complexity index is 1490. The monoisotopic (exact) mass is 837 g/mol. The van der Waals surface area contributed by atoms with Crippen molar-refractivity contribution in [2.45, 2.75) is 137 Å². The summed E-state index contributed by atoms with van der Waals surface area (Å²) in [5, 5.41) is 63.3. The summed E-state index contributed by atoms with van der Waals surface area (Å²) in [5.41, 5.74) is 0.645. The van der Waals surface area contributed by atoms with Crippen LogP contribution in [0.15, 0.2) is 29.6 Å². The number of carbonyl (C=O) groups excluding carboxylic acids is 2. The number of aromatic nitrogens is 1. The minimum Gasteiger partial charge on any atom is -0.481 e.